The molecule has 0 spiro atoms. The van der Waals surface area contributed by atoms with Crippen LogP contribution in [0.2, 0.25) is 0 Å². The lowest BCUT2D eigenvalue weighted by atomic mass is 10.2. The number of nitrogen functional groups attached to an aromatic ring is 1. The topological polar surface area (TPSA) is 92.5 Å². The summed E-state index contributed by atoms with van der Waals surface area (Å²) in [5.41, 5.74) is 6.98. The lowest BCUT2D eigenvalue weighted by molar-refractivity contribution is 0.626. The number of aromatic nitrogens is 4. The number of H-pyrrole nitrogens is 1. The van der Waals surface area contributed by atoms with Crippen LogP contribution in [0.5, 0.6) is 0 Å². The highest BCUT2D eigenvalue weighted by molar-refractivity contribution is 5.86. The second-order valence-corrected chi connectivity index (χ2v) is 4.05. The second-order valence-electron chi connectivity index (χ2n) is 4.05. The number of benzene rings is 1. The van der Waals surface area contributed by atoms with Crippen molar-refractivity contribution in [2.24, 2.45) is 0 Å². The first kappa shape index (κ1) is 11.4. The number of hydrogen-bond donors (Lipinski definition) is 3. The van der Waals surface area contributed by atoms with Crippen LogP contribution in [-0.4, -0.2) is 20.2 Å². The van der Waals surface area contributed by atoms with Crippen LogP contribution >= 0.6 is 0 Å². The van der Waals surface area contributed by atoms with Crippen molar-refractivity contribution in [3.8, 4) is 0 Å². The Balaban J connectivity index is 1.87. The maximum absolute atomic E-state index is 13.1. The largest absolute Gasteiger partial charge is 0.368 e. The summed E-state index contributed by atoms with van der Waals surface area (Å²) in [6.07, 6.45) is 1.61. The molecule has 3 aromatic rings. The van der Waals surface area contributed by atoms with E-state index in [1.54, 1.807) is 12.3 Å². The molecule has 0 bridgehead atoms. The first-order chi connectivity index (χ1) is 9.22. The SMILES string of the molecule is Nc1nc(NCc2cccc(F)c2)c2cn[nH]c2n1. The van der Waals surface area contributed by atoms with Gasteiger partial charge >= 0.3 is 0 Å². The fourth-order valence-electron chi connectivity index (χ4n) is 1.82. The van der Waals surface area contributed by atoms with Gasteiger partial charge in [-0.15, -0.1) is 0 Å². The van der Waals surface area contributed by atoms with E-state index in [2.05, 4.69) is 25.5 Å². The van der Waals surface area contributed by atoms with E-state index in [0.29, 0.717) is 18.0 Å². The van der Waals surface area contributed by atoms with Gasteiger partial charge in [0.25, 0.3) is 0 Å². The van der Waals surface area contributed by atoms with Gasteiger partial charge in [0.15, 0.2) is 5.65 Å². The minimum Gasteiger partial charge on any atom is -0.368 e. The van der Waals surface area contributed by atoms with Crippen molar-refractivity contribution in [2.75, 3.05) is 11.1 Å². The minimum absolute atomic E-state index is 0.151. The van der Waals surface area contributed by atoms with E-state index in [4.69, 9.17) is 5.73 Å². The summed E-state index contributed by atoms with van der Waals surface area (Å²) >= 11 is 0. The minimum atomic E-state index is -0.269. The van der Waals surface area contributed by atoms with Gasteiger partial charge in [-0.1, -0.05) is 12.1 Å². The average Bonchev–Trinajstić information content (AvgIpc) is 2.84. The molecule has 0 aliphatic heterocycles. The van der Waals surface area contributed by atoms with Gasteiger partial charge in [0.05, 0.1) is 11.6 Å². The van der Waals surface area contributed by atoms with Crippen molar-refractivity contribution in [1.29, 1.82) is 0 Å². The van der Waals surface area contributed by atoms with Crippen LogP contribution in [0.25, 0.3) is 11.0 Å². The Hall–Kier alpha value is -2.70. The fraction of sp³-hybridized carbons (Fsp3) is 0.0833. The molecule has 0 saturated carbocycles. The van der Waals surface area contributed by atoms with Crippen LogP contribution < -0.4 is 11.1 Å². The Morgan fingerprint density at radius 3 is 3.05 bits per heavy atom. The Bertz CT molecular complexity index is 723. The Morgan fingerprint density at radius 1 is 1.32 bits per heavy atom. The van der Waals surface area contributed by atoms with Crippen LogP contribution in [0, 0.1) is 5.82 Å². The van der Waals surface area contributed by atoms with Crippen molar-refractivity contribution in [1.82, 2.24) is 20.2 Å². The van der Waals surface area contributed by atoms with Gasteiger partial charge in [-0.25, -0.2) is 4.39 Å². The van der Waals surface area contributed by atoms with Gasteiger partial charge in [-0.3, -0.25) is 5.10 Å². The predicted octanol–water partition coefficient (Wildman–Crippen LogP) is 1.69. The summed E-state index contributed by atoms with van der Waals surface area (Å²) in [6, 6.07) is 6.35. The monoisotopic (exact) mass is 258 g/mol. The molecular weight excluding hydrogens is 247 g/mol. The molecule has 0 aliphatic rings. The van der Waals surface area contributed by atoms with E-state index in [1.807, 2.05) is 6.07 Å². The molecule has 0 unspecified atom stereocenters. The summed E-state index contributed by atoms with van der Waals surface area (Å²) in [4.78, 5) is 8.13. The predicted molar refractivity (Wildman–Crippen MR) is 69.8 cm³/mol. The van der Waals surface area contributed by atoms with Crippen LogP contribution in [0.3, 0.4) is 0 Å². The number of hydrogen-bond acceptors (Lipinski definition) is 5. The Morgan fingerprint density at radius 2 is 2.21 bits per heavy atom. The number of anilines is 2. The number of aromatic amines is 1. The van der Waals surface area contributed by atoms with Gasteiger partial charge < -0.3 is 11.1 Å². The maximum Gasteiger partial charge on any atom is 0.224 e. The first-order valence-electron chi connectivity index (χ1n) is 5.67. The molecule has 0 saturated heterocycles. The van der Waals surface area contributed by atoms with Crippen LogP contribution in [-0.2, 0) is 6.54 Å². The maximum atomic E-state index is 13.1. The van der Waals surface area contributed by atoms with E-state index in [1.165, 1.54) is 12.1 Å². The molecule has 0 fully saturated rings. The zero-order chi connectivity index (χ0) is 13.2. The molecule has 0 radical (unpaired) electrons. The third kappa shape index (κ3) is 2.30. The highest BCUT2D eigenvalue weighted by atomic mass is 19.1. The average molecular weight is 258 g/mol. The number of nitrogens with one attached hydrogen (secondary N) is 2. The standard InChI is InChI=1S/C12H11FN6/c13-8-3-1-2-7(4-8)5-15-10-9-6-16-19-11(9)18-12(14)17-10/h1-4,6H,5H2,(H4,14,15,16,17,18,19). The van der Waals surface area contributed by atoms with Gasteiger partial charge in [0, 0.05) is 6.54 Å². The number of rotatable bonds is 3. The molecule has 3 rings (SSSR count). The quantitative estimate of drug-likeness (QED) is 0.664. The highest BCUT2D eigenvalue weighted by Crippen LogP contribution is 2.19. The fourth-order valence-corrected chi connectivity index (χ4v) is 1.82. The van der Waals surface area contributed by atoms with Crippen molar-refractivity contribution >= 4 is 22.8 Å². The molecule has 6 nitrogen and oxygen atoms in total. The Labute approximate surface area is 107 Å². The number of nitrogens with zero attached hydrogens (tertiary/aromatic N) is 3. The van der Waals surface area contributed by atoms with Gasteiger partial charge in [0.1, 0.15) is 11.6 Å². The molecule has 0 amide bonds. The molecule has 0 atom stereocenters. The zero-order valence-electron chi connectivity index (χ0n) is 9.89. The van der Waals surface area contributed by atoms with E-state index in [0.717, 1.165) is 10.9 Å². The summed E-state index contributed by atoms with van der Waals surface area (Å²) in [6.45, 7) is 0.439. The zero-order valence-corrected chi connectivity index (χ0v) is 9.89. The van der Waals surface area contributed by atoms with Gasteiger partial charge in [-0.2, -0.15) is 15.1 Å². The highest BCUT2D eigenvalue weighted by Gasteiger charge is 2.07. The third-order valence-corrected chi connectivity index (χ3v) is 2.68. The third-order valence-electron chi connectivity index (χ3n) is 2.68. The first-order valence-corrected chi connectivity index (χ1v) is 5.67. The molecule has 19 heavy (non-hydrogen) atoms. The van der Waals surface area contributed by atoms with Gasteiger partial charge in [0.2, 0.25) is 5.95 Å². The van der Waals surface area contributed by atoms with E-state index >= 15 is 0 Å². The van der Waals surface area contributed by atoms with Crippen molar-refractivity contribution in [2.45, 2.75) is 6.54 Å². The molecule has 4 N–H and O–H groups in total. The lowest BCUT2D eigenvalue weighted by Gasteiger charge is -2.07. The number of nitrogens with two attached hydrogens (primary N) is 1. The molecule has 96 valence electrons. The van der Waals surface area contributed by atoms with Crippen molar-refractivity contribution in [3.63, 3.8) is 0 Å². The van der Waals surface area contributed by atoms with Crippen molar-refractivity contribution in [3.05, 3.63) is 41.8 Å². The molecule has 2 aromatic heterocycles. The molecule has 7 heteroatoms. The smallest absolute Gasteiger partial charge is 0.224 e. The van der Waals surface area contributed by atoms with Crippen LogP contribution in [0.4, 0.5) is 16.2 Å². The molecule has 1 aromatic carbocycles. The van der Waals surface area contributed by atoms with Crippen molar-refractivity contribution < 1.29 is 4.39 Å². The summed E-state index contributed by atoms with van der Waals surface area (Å²) in [7, 11) is 0. The molecular formula is C12H11FN6. The van der Waals surface area contributed by atoms with Gasteiger partial charge in [-0.05, 0) is 17.7 Å². The molecule has 0 aliphatic carbocycles. The van der Waals surface area contributed by atoms with E-state index < -0.39 is 0 Å². The lowest BCUT2D eigenvalue weighted by Crippen LogP contribution is -2.05. The summed E-state index contributed by atoms with van der Waals surface area (Å²) in [5, 5.41) is 10.5. The van der Waals surface area contributed by atoms with E-state index in [9.17, 15) is 4.39 Å². The number of fused-ring (bicyclic) bond motifs is 1. The summed E-state index contributed by atoms with van der Waals surface area (Å²) < 4.78 is 13.1. The Kier molecular flexibility index (Phi) is 2.71. The van der Waals surface area contributed by atoms with Crippen LogP contribution in [0.15, 0.2) is 30.5 Å². The normalized spacial score (nSPS) is 10.8. The second kappa shape index (κ2) is 4.52. The van der Waals surface area contributed by atoms with E-state index in [-0.39, 0.29) is 11.8 Å². The van der Waals surface area contributed by atoms with Crippen LogP contribution in [0.1, 0.15) is 5.56 Å². The number of halogens is 1. The molecule has 2 heterocycles. The summed E-state index contributed by atoms with van der Waals surface area (Å²) in [5.74, 6) is 0.453.